The third-order valence-corrected chi connectivity index (χ3v) is 8.60. The van der Waals surface area contributed by atoms with Crippen molar-refractivity contribution < 1.29 is 18.7 Å². The van der Waals surface area contributed by atoms with Gasteiger partial charge in [-0.2, -0.15) is 9.97 Å². The number of pyridine rings is 1. The predicted octanol–water partition coefficient (Wildman–Crippen LogP) is 4.02. The molecule has 6 heterocycles. The van der Waals surface area contributed by atoms with Crippen LogP contribution >= 0.6 is 11.6 Å². The first-order chi connectivity index (χ1) is 19.0. The van der Waals surface area contributed by atoms with E-state index in [0.717, 1.165) is 36.6 Å². The summed E-state index contributed by atoms with van der Waals surface area (Å²) < 4.78 is 26.2. The van der Waals surface area contributed by atoms with Crippen molar-refractivity contribution in [2.75, 3.05) is 55.8 Å². The van der Waals surface area contributed by atoms with Crippen LogP contribution in [0.3, 0.4) is 0 Å². The van der Waals surface area contributed by atoms with E-state index in [2.05, 4.69) is 14.8 Å². The zero-order valence-electron chi connectivity index (χ0n) is 21.6. The van der Waals surface area contributed by atoms with Crippen molar-refractivity contribution in [3.63, 3.8) is 0 Å². The molecule has 0 aliphatic carbocycles. The van der Waals surface area contributed by atoms with Crippen LogP contribution in [0.4, 0.5) is 16.0 Å². The highest BCUT2D eigenvalue weighted by Crippen LogP contribution is 2.41. The van der Waals surface area contributed by atoms with Gasteiger partial charge in [-0.3, -0.25) is 14.6 Å². The third-order valence-electron chi connectivity index (χ3n) is 8.41. The molecule has 2 aromatic heterocycles. The second kappa shape index (κ2) is 9.83. The maximum Gasteiger partial charge on any atom is 0.318 e. The molecule has 0 N–H and O–H groups in total. The quantitative estimate of drug-likeness (QED) is 0.439. The molecule has 3 fully saturated rings. The van der Waals surface area contributed by atoms with Gasteiger partial charge in [-0.15, -0.1) is 0 Å². The molecule has 0 saturated carbocycles. The largest absolute Gasteiger partial charge is 0.461 e. The highest BCUT2D eigenvalue weighted by Gasteiger charge is 2.49. The highest BCUT2D eigenvalue weighted by atomic mass is 35.5. The lowest BCUT2D eigenvalue weighted by Gasteiger charge is -2.31. The topological polar surface area (TPSA) is 83.9 Å². The maximum atomic E-state index is 14.3. The minimum absolute atomic E-state index is 0.215. The number of halogens is 2. The average molecular weight is 553 g/mol. The number of hydrogen-bond acceptors (Lipinski definition) is 8. The van der Waals surface area contributed by atoms with Gasteiger partial charge < -0.3 is 14.4 Å². The van der Waals surface area contributed by atoms with Crippen LogP contribution in [-0.4, -0.2) is 83.5 Å². The lowest BCUT2D eigenvalue weighted by atomic mass is 9.95. The number of fused-ring (bicyclic) bond motifs is 3. The van der Waals surface area contributed by atoms with Crippen molar-refractivity contribution in [1.29, 1.82) is 0 Å². The second-order valence-corrected chi connectivity index (χ2v) is 11.2. The van der Waals surface area contributed by atoms with Crippen molar-refractivity contribution in [1.82, 2.24) is 19.9 Å². The molecule has 4 aliphatic rings. The summed E-state index contributed by atoms with van der Waals surface area (Å²) in [6.07, 6.45) is 2.38. The van der Waals surface area contributed by atoms with Crippen LogP contribution in [0.2, 0.25) is 5.15 Å². The number of aromatic nitrogens is 3. The molecule has 1 aromatic carbocycles. The van der Waals surface area contributed by atoms with E-state index in [9.17, 15) is 9.18 Å². The number of anilines is 2. The molecular weight excluding hydrogens is 523 g/mol. The van der Waals surface area contributed by atoms with E-state index >= 15 is 0 Å². The molecule has 0 spiro atoms. The molecule has 2 atom stereocenters. The summed E-state index contributed by atoms with van der Waals surface area (Å²) in [6, 6.07) is 9.74. The van der Waals surface area contributed by atoms with Crippen LogP contribution in [0, 0.1) is 0 Å². The first-order valence-corrected chi connectivity index (χ1v) is 14.0. The summed E-state index contributed by atoms with van der Waals surface area (Å²) in [4.78, 5) is 34.0. The van der Waals surface area contributed by atoms with Crippen molar-refractivity contribution in [3.8, 4) is 6.01 Å². The molecule has 11 heteroatoms. The third kappa shape index (κ3) is 4.38. The predicted molar refractivity (Wildman–Crippen MR) is 145 cm³/mol. The Morgan fingerprint density at radius 2 is 2.00 bits per heavy atom. The molecular formula is C28H30ClFN6O3. The fourth-order valence-electron chi connectivity index (χ4n) is 6.59. The van der Waals surface area contributed by atoms with E-state index in [1.165, 1.54) is 0 Å². The van der Waals surface area contributed by atoms with Gasteiger partial charge in [-0.1, -0.05) is 35.9 Å². The van der Waals surface area contributed by atoms with Crippen LogP contribution in [0.1, 0.15) is 41.7 Å². The summed E-state index contributed by atoms with van der Waals surface area (Å²) in [5.41, 5.74) is 0.733. The Morgan fingerprint density at radius 1 is 1.10 bits per heavy atom. The van der Waals surface area contributed by atoms with E-state index in [1.807, 2.05) is 24.3 Å². The summed E-state index contributed by atoms with van der Waals surface area (Å²) in [6.45, 7) is 4.41. The molecule has 2 unspecified atom stereocenters. The molecule has 9 nitrogen and oxygen atoms in total. The average Bonchev–Trinajstić information content (AvgIpc) is 3.46. The first-order valence-electron chi connectivity index (χ1n) is 13.6. The number of alkyl halides is 1. The molecule has 0 radical (unpaired) electrons. The zero-order valence-corrected chi connectivity index (χ0v) is 22.4. The lowest BCUT2D eigenvalue weighted by Crippen LogP contribution is -2.43. The Hall–Kier alpha value is -3.08. The van der Waals surface area contributed by atoms with Gasteiger partial charge in [0.1, 0.15) is 35.1 Å². The Kier molecular flexibility index (Phi) is 6.28. The van der Waals surface area contributed by atoms with E-state index in [4.69, 9.17) is 31.0 Å². The second-order valence-electron chi connectivity index (χ2n) is 10.8. The van der Waals surface area contributed by atoms with Crippen molar-refractivity contribution in [3.05, 3.63) is 46.7 Å². The van der Waals surface area contributed by atoms with Crippen LogP contribution in [0.15, 0.2) is 30.3 Å². The SMILES string of the molecule is O=C1c2c(nc(OCC34CCCN3CC(F)C4)nc2N2CCCOCC2)CN1c1nc(Cl)cc2ccccc12. The van der Waals surface area contributed by atoms with Gasteiger partial charge in [-0.25, -0.2) is 9.37 Å². The molecule has 3 aromatic rings. The van der Waals surface area contributed by atoms with Gasteiger partial charge in [0.15, 0.2) is 0 Å². The summed E-state index contributed by atoms with van der Waals surface area (Å²) in [5, 5.41) is 2.05. The number of ether oxygens (including phenoxy) is 2. The number of benzene rings is 1. The molecule has 39 heavy (non-hydrogen) atoms. The Labute approximate surface area is 230 Å². The molecule has 1 amide bonds. The van der Waals surface area contributed by atoms with E-state index in [1.54, 1.807) is 11.0 Å². The molecule has 204 valence electrons. The van der Waals surface area contributed by atoms with Gasteiger partial charge in [0.05, 0.1) is 24.4 Å². The van der Waals surface area contributed by atoms with Gasteiger partial charge in [0.2, 0.25) is 0 Å². The number of rotatable bonds is 5. The minimum atomic E-state index is -0.839. The summed E-state index contributed by atoms with van der Waals surface area (Å²) in [7, 11) is 0. The van der Waals surface area contributed by atoms with E-state index < -0.39 is 6.17 Å². The zero-order chi connectivity index (χ0) is 26.6. The number of carbonyl (C=O) groups excluding carboxylic acids is 1. The highest BCUT2D eigenvalue weighted by molar-refractivity contribution is 6.30. The van der Waals surface area contributed by atoms with E-state index in [0.29, 0.717) is 73.9 Å². The molecule has 7 rings (SSSR count). The van der Waals surface area contributed by atoms with Crippen LogP contribution in [0.5, 0.6) is 6.01 Å². The minimum Gasteiger partial charge on any atom is -0.461 e. The number of carbonyl (C=O) groups is 1. The van der Waals surface area contributed by atoms with Gasteiger partial charge in [-0.05, 0) is 37.3 Å². The smallest absolute Gasteiger partial charge is 0.318 e. The standard InChI is InChI=1S/C28H30ClFN6O3/c29-22-13-18-5-1-2-6-20(18)24(32-22)36-16-21-23(26(36)37)25(34-8-4-11-38-12-10-34)33-27(31-21)39-17-28-7-3-9-35(28)15-19(30)14-28/h1-2,5-6,13,19H,3-4,7-12,14-17H2. The van der Waals surface area contributed by atoms with Crippen LogP contribution < -0.4 is 14.5 Å². The maximum absolute atomic E-state index is 14.3. The Bertz CT molecular complexity index is 1430. The number of amides is 1. The van der Waals surface area contributed by atoms with Crippen molar-refractivity contribution in [2.45, 2.75) is 43.9 Å². The normalized spacial score (nSPS) is 25.3. The van der Waals surface area contributed by atoms with Crippen LogP contribution in [-0.2, 0) is 11.3 Å². The molecule has 0 bridgehead atoms. The van der Waals surface area contributed by atoms with Gasteiger partial charge in [0.25, 0.3) is 5.91 Å². The fourth-order valence-corrected chi connectivity index (χ4v) is 6.78. The Balaban J connectivity index is 1.26. The summed E-state index contributed by atoms with van der Waals surface area (Å²) in [5.74, 6) is 0.831. The van der Waals surface area contributed by atoms with Gasteiger partial charge in [0, 0.05) is 38.0 Å². The fraction of sp³-hybridized carbons (Fsp3) is 0.500. The first kappa shape index (κ1) is 24.9. The molecule has 4 aliphatic heterocycles. The molecule has 3 saturated heterocycles. The van der Waals surface area contributed by atoms with Crippen molar-refractivity contribution >= 4 is 39.9 Å². The number of nitrogens with zero attached hydrogens (tertiary/aromatic N) is 6. The number of hydrogen-bond donors (Lipinski definition) is 0. The van der Waals surface area contributed by atoms with Crippen LogP contribution in [0.25, 0.3) is 10.8 Å². The van der Waals surface area contributed by atoms with Gasteiger partial charge >= 0.3 is 6.01 Å². The lowest BCUT2D eigenvalue weighted by molar-refractivity contribution is 0.0995. The Morgan fingerprint density at radius 3 is 2.92 bits per heavy atom. The monoisotopic (exact) mass is 552 g/mol. The summed E-state index contributed by atoms with van der Waals surface area (Å²) >= 11 is 6.37. The van der Waals surface area contributed by atoms with E-state index in [-0.39, 0.29) is 24.0 Å². The van der Waals surface area contributed by atoms with Crippen molar-refractivity contribution in [2.24, 2.45) is 0 Å².